The predicted molar refractivity (Wildman–Crippen MR) is 113 cm³/mol. The highest BCUT2D eigenvalue weighted by molar-refractivity contribution is 5.94. The molecule has 0 aromatic carbocycles. The number of carbonyl (C=O) groups is 1. The summed E-state index contributed by atoms with van der Waals surface area (Å²) < 4.78 is 37.4. The summed E-state index contributed by atoms with van der Waals surface area (Å²) in [6.45, 7) is 2.05. The fourth-order valence-electron chi connectivity index (χ4n) is 4.48. The third-order valence-electron chi connectivity index (χ3n) is 6.14. The number of halogens is 2. The molecule has 8 heteroatoms. The molecule has 0 saturated heterocycles. The molecule has 1 saturated carbocycles. The van der Waals surface area contributed by atoms with Crippen molar-refractivity contribution in [1.29, 1.82) is 0 Å². The Kier molecular flexibility index (Phi) is 7.76. The molecule has 0 spiro atoms. The van der Waals surface area contributed by atoms with E-state index in [2.05, 4.69) is 15.3 Å². The molecule has 2 aromatic heterocycles. The van der Waals surface area contributed by atoms with Crippen LogP contribution in [0.4, 0.5) is 8.78 Å². The first kappa shape index (κ1) is 22.9. The number of pyridine rings is 2. The first-order chi connectivity index (χ1) is 15.0. The minimum Gasteiger partial charge on any atom is -0.481 e. The van der Waals surface area contributed by atoms with Gasteiger partial charge in [-0.2, -0.15) is 0 Å². The maximum Gasteiger partial charge on any atom is 0.269 e. The van der Waals surface area contributed by atoms with E-state index in [0.717, 1.165) is 32.1 Å². The highest BCUT2D eigenvalue weighted by Gasteiger charge is 2.32. The molecule has 0 aliphatic heterocycles. The van der Waals surface area contributed by atoms with Crippen molar-refractivity contribution < 1.29 is 23.0 Å². The third kappa shape index (κ3) is 5.29. The maximum absolute atomic E-state index is 13.7. The molecule has 0 bridgehead atoms. The molecule has 0 radical (unpaired) electrons. The van der Waals surface area contributed by atoms with Crippen molar-refractivity contribution in [3.63, 3.8) is 0 Å². The lowest BCUT2D eigenvalue weighted by molar-refractivity contribution is 0.0908. The fraction of sp³-hybridized carbons (Fsp3) is 0.522. The number of hydrogen-bond donors (Lipinski definition) is 1. The van der Waals surface area contributed by atoms with Gasteiger partial charge >= 0.3 is 0 Å². The Morgan fingerprint density at radius 3 is 2.42 bits per heavy atom. The second-order valence-electron chi connectivity index (χ2n) is 7.81. The summed E-state index contributed by atoms with van der Waals surface area (Å²) in [5.74, 6) is 0.633. The molecule has 3 rings (SSSR count). The summed E-state index contributed by atoms with van der Waals surface area (Å²) in [6, 6.07) is 5.06. The van der Waals surface area contributed by atoms with Gasteiger partial charge in [0, 0.05) is 24.5 Å². The van der Waals surface area contributed by atoms with Crippen LogP contribution in [-0.2, 0) is 0 Å². The van der Waals surface area contributed by atoms with Gasteiger partial charge in [-0.15, -0.1) is 0 Å². The van der Waals surface area contributed by atoms with E-state index in [1.165, 1.54) is 26.6 Å². The van der Waals surface area contributed by atoms with E-state index >= 15 is 0 Å². The van der Waals surface area contributed by atoms with Crippen LogP contribution in [0.5, 0.6) is 11.8 Å². The van der Waals surface area contributed by atoms with Gasteiger partial charge in [0.15, 0.2) is 0 Å². The number of ether oxygens (including phenoxy) is 2. The van der Waals surface area contributed by atoms with E-state index in [4.69, 9.17) is 9.47 Å². The average Bonchev–Trinajstić information content (AvgIpc) is 2.81. The lowest BCUT2D eigenvalue weighted by Crippen LogP contribution is -2.41. The first-order valence-corrected chi connectivity index (χ1v) is 10.6. The van der Waals surface area contributed by atoms with Crippen LogP contribution in [0.3, 0.4) is 0 Å². The zero-order chi connectivity index (χ0) is 22.4. The molecule has 1 atom stereocenters. The van der Waals surface area contributed by atoms with Gasteiger partial charge in [0.05, 0.1) is 25.3 Å². The number of carbonyl (C=O) groups excluding carboxylic acids is 1. The first-order valence-electron chi connectivity index (χ1n) is 10.6. The normalized spacial score (nSPS) is 19.7. The summed E-state index contributed by atoms with van der Waals surface area (Å²) in [5.41, 5.74) is 1.01. The molecule has 31 heavy (non-hydrogen) atoms. The van der Waals surface area contributed by atoms with Gasteiger partial charge in [0.2, 0.25) is 11.8 Å². The molecule has 1 amide bonds. The average molecular weight is 433 g/mol. The summed E-state index contributed by atoms with van der Waals surface area (Å²) in [5, 5.41) is 3.12. The quantitative estimate of drug-likeness (QED) is 0.640. The van der Waals surface area contributed by atoms with E-state index < -0.39 is 6.43 Å². The highest BCUT2D eigenvalue weighted by atomic mass is 19.3. The molecular weight excluding hydrogens is 404 g/mol. The van der Waals surface area contributed by atoms with Crippen LogP contribution < -0.4 is 14.8 Å². The minimum absolute atomic E-state index is 0.00132. The summed E-state index contributed by atoms with van der Waals surface area (Å²) in [7, 11) is 2.89. The standard InChI is InChI=1S/C23H29F2N3O3/c1-4-18(28-22(29)16-9-10-19(30-2)27-13-16)15-7-5-14(6-8-15)17-11-12-26-23(31-3)20(17)21(24)25/h9-15,18,21H,4-8H2,1-3H3,(H,28,29). The van der Waals surface area contributed by atoms with Gasteiger partial charge in [-0.1, -0.05) is 6.92 Å². The number of hydrogen-bond acceptors (Lipinski definition) is 5. The number of nitrogens with zero attached hydrogens (tertiary/aromatic N) is 2. The molecule has 1 N–H and O–H groups in total. The lowest BCUT2D eigenvalue weighted by atomic mass is 9.74. The van der Waals surface area contributed by atoms with E-state index in [9.17, 15) is 13.6 Å². The minimum atomic E-state index is -2.63. The topological polar surface area (TPSA) is 73.3 Å². The zero-order valence-corrected chi connectivity index (χ0v) is 18.1. The molecule has 6 nitrogen and oxygen atoms in total. The third-order valence-corrected chi connectivity index (χ3v) is 6.14. The SMILES string of the molecule is CCC(NC(=O)c1ccc(OC)nc1)C1CCC(c2ccnc(OC)c2C(F)F)CC1. The van der Waals surface area contributed by atoms with Gasteiger partial charge in [-0.05, 0) is 61.6 Å². The number of aromatic nitrogens is 2. The van der Waals surface area contributed by atoms with Crippen molar-refractivity contribution >= 4 is 5.91 Å². The van der Waals surface area contributed by atoms with Crippen molar-refractivity contribution in [1.82, 2.24) is 15.3 Å². The highest BCUT2D eigenvalue weighted by Crippen LogP contribution is 2.42. The van der Waals surface area contributed by atoms with Crippen molar-refractivity contribution in [2.24, 2.45) is 5.92 Å². The second kappa shape index (κ2) is 10.5. The van der Waals surface area contributed by atoms with Crippen molar-refractivity contribution in [2.75, 3.05) is 14.2 Å². The van der Waals surface area contributed by atoms with E-state index in [-0.39, 0.29) is 29.3 Å². The number of alkyl halides is 2. The van der Waals surface area contributed by atoms with Crippen molar-refractivity contribution in [2.45, 2.75) is 57.4 Å². The maximum atomic E-state index is 13.7. The molecule has 1 aliphatic carbocycles. The molecule has 1 aliphatic rings. The number of rotatable bonds is 8. The van der Waals surface area contributed by atoms with Gasteiger partial charge < -0.3 is 14.8 Å². The molecule has 1 unspecified atom stereocenters. The lowest BCUT2D eigenvalue weighted by Gasteiger charge is -2.34. The van der Waals surface area contributed by atoms with Crippen molar-refractivity contribution in [3.05, 3.63) is 47.3 Å². The van der Waals surface area contributed by atoms with Crippen LogP contribution >= 0.6 is 0 Å². The Balaban J connectivity index is 1.64. The Morgan fingerprint density at radius 1 is 1.13 bits per heavy atom. The van der Waals surface area contributed by atoms with Crippen LogP contribution in [-0.4, -0.2) is 36.1 Å². The fourth-order valence-corrected chi connectivity index (χ4v) is 4.48. The van der Waals surface area contributed by atoms with Crippen LogP contribution in [0.25, 0.3) is 0 Å². The van der Waals surface area contributed by atoms with Gasteiger partial charge in [-0.3, -0.25) is 4.79 Å². The molecule has 2 aromatic rings. The number of amides is 1. The van der Waals surface area contributed by atoms with E-state index in [0.29, 0.717) is 22.9 Å². The monoisotopic (exact) mass is 433 g/mol. The Hall–Kier alpha value is -2.77. The molecule has 1 fully saturated rings. The van der Waals surface area contributed by atoms with E-state index in [1.54, 1.807) is 18.2 Å². The smallest absolute Gasteiger partial charge is 0.269 e. The van der Waals surface area contributed by atoms with Gasteiger partial charge in [-0.25, -0.2) is 18.7 Å². The van der Waals surface area contributed by atoms with Crippen LogP contribution in [0.2, 0.25) is 0 Å². The Bertz CT molecular complexity index is 869. The molecule has 2 heterocycles. The summed E-state index contributed by atoms with van der Waals surface area (Å²) in [4.78, 5) is 20.7. The van der Waals surface area contributed by atoms with Crippen LogP contribution in [0.15, 0.2) is 30.6 Å². The Morgan fingerprint density at radius 2 is 1.87 bits per heavy atom. The molecule has 168 valence electrons. The van der Waals surface area contributed by atoms with E-state index in [1.807, 2.05) is 6.92 Å². The second-order valence-corrected chi connectivity index (χ2v) is 7.81. The zero-order valence-electron chi connectivity index (χ0n) is 18.1. The molecular formula is C23H29F2N3O3. The van der Waals surface area contributed by atoms with Crippen molar-refractivity contribution in [3.8, 4) is 11.8 Å². The van der Waals surface area contributed by atoms with Gasteiger partial charge in [0.25, 0.3) is 12.3 Å². The van der Waals surface area contributed by atoms with Crippen LogP contribution in [0.1, 0.15) is 72.9 Å². The summed E-state index contributed by atoms with van der Waals surface area (Å²) in [6.07, 6.45) is 4.50. The Labute approximate surface area is 181 Å². The van der Waals surface area contributed by atoms with Gasteiger partial charge in [0.1, 0.15) is 0 Å². The largest absolute Gasteiger partial charge is 0.481 e. The van der Waals surface area contributed by atoms with Crippen LogP contribution in [0, 0.1) is 5.92 Å². The number of nitrogens with one attached hydrogen (secondary N) is 1. The summed E-state index contributed by atoms with van der Waals surface area (Å²) >= 11 is 0. The number of methoxy groups -OCH3 is 2. The predicted octanol–water partition coefficient (Wildman–Crippen LogP) is 4.91.